The molecule has 0 spiro atoms. The normalized spacial score (nSPS) is 20.9. The van der Waals surface area contributed by atoms with Crippen molar-refractivity contribution in [3.8, 4) is 5.75 Å². The van der Waals surface area contributed by atoms with Crippen molar-refractivity contribution in [2.24, 2.45) is 0 Å². The fourth-order valence-corrected chi connectivity index (χ4v) is 4.63. The average Bonchev–Trinajstić information content (AvgIpc) is 3.45. The number of hydrogen-bond acceptors (Lipinski definition) is 14. The van der Waals surface area contributed by atoms with Gasteiger partial charge in [-0.25, -0.2) is 19.7 Å². The van der Waals surface area contributed by atoms with Gasteiger partial charge >= 0.3 is 10.3 Å². The van der Waals surface area contributed by atoms with E-state index < -0.39 is 53.1 Å². The number of nitrogens with two attached hydrogens (primary N) is 2. The Labute approximate surface area is 230 Å². The molecule has 1 amide bonds. The number of carbonyl (C=O) groups is 1. The van der Waals surface area contributed by atoms with Gasteiger partial charge in [-0.1, -0.05) is 20.8 Å². The number of phenols is 1. The van der Waals surface area contributed by atoms with E-state index in [1.807, 2.05) is 0 Å². The first-order chi connectivity index (χ1) is 18.9. The summed E-state index contributed by atoms with van der Waals surface area (Å²) >= 11 is 0. The molecule has 4 atom stereocenters. The first kappa shape index (κ1) is 30.9. The van der Waals surface area contributed by atoms with E-state index in [4.69, 9.17) is 20.4 Å². The summed E-state index contributed by atoms with van der Waals surface area (Å²) in [4.78, 5) is 26.4. The molecule has 1 saturated heterocycles. The second kappa shape index (κ2) is 13.2. The van der Waals surface area contributed by atoms with Crippen LogP contribution in [-0.4, -0.2) is 98.6 Å². The van der Waals surface area contributed by atoms with Gasteiger partial charge in [-0.05, 0) is 31.8 Å². The molecule has 17 heteroatoms. The van der Waals surface area contributed by atoms with Crippen LogP contribution in [0.25, 0.3) is 11.2 Å². The number of benzene rings is 1. The molecule has 0 radical (unpaired) electrons. The zero-order chi connectivity index (χ0) is 29.6. The Morgan fingerprint density at radius 3 is 2.40 bits per heavy atom. The highest BCUT2D eigenvalue weighted by atomic mass is 32.2. The van der Waals surface area contributed by atoms with Gasteiger partial charge in [0.05, 0.1) is 18.5 Å². The summed E-state index contributed by atoms with van der Waals surface area (Å²) in [5.41, 5.74) is 11.5. The van der Waals surface area contributed by atoms with Crippen LogP contribution < -0.4 is 16.2 Å². The fraction of sp³-hybridized carbons (Fsp3) is 0.478. The van der Waals surface area contributed by atoms with E-state index in [1.165, 1.54) is 42.9 Å². The Kier molecular flexibility index (Phi) is 10.2. The number of anilines is 2. The Balaban J connectivity index is 0.000000559. The number of aliphatic hydroxyl groups is 2. The van der Waals surface area contributed by atoms with Gasteiger partial charge in [0.25, 0.3) is 5.91 Å². The number of aliphatic hydroxyl groups excluding tert-OH is 2. The summed E-state index contributed by atoms with van der Waals surface area (Å²) in [6, 6.07) is 3.50. The second-order valence-electron chi connectivity index (χ2n) is 8.70. The highest BCUT2D eigenvalue weighted by Crippen LogP contribution is 2.32. The molecule has 220 valence electrons. The molecular weight excluding hydrogens is 548 g/mol. The quantitative estimate of drug-likeness (QED) is 0.172. The Morgan fingerprint density at radius 2 is 1.80 bits per heavy atom. The first-order valence-corrected chi connectivity index (χ1v) is 13.8. The number of hydrogen-bond donors (Lipinski definition) is 6. The van der Waals surface area contributed by atoms with E-state index >= 15 is 0 Å². The lowest BCUT2D eigenvalue weighted by Crippen LogP contribution is -2.37. The number of nitrogens with zero attached hydrogens (tertiary/aromatic N) is 5. The third-order valence-electron chi connectivity index (χ3n) is 6.21. The molecule has 0 aliphatic carbocycles. The predicted molar refractivity (Wildman–Crippen MR) is 144 cm³/mol. The fourth-order valence-electron chi connectivity index (χ4n) is 3.92. The molecule has 4 rings (SSSR count). The van der Waals surface area contributed by atoms with Crippen LogP contribution in [0.4, 0.5) is 11.5 Å². The zero-order valence-electron chi connectivity index (χ0n) is 22.2. The van der Waals surface area contributed by atoms with Crippen LogP contribution in [0.1, 0.15) is 37.4 Å². The van der Waals surface area contributed by atoms with Crippen LogP contribution in [-0.2, 0) is 19.2 Å². The smallest absolute Gasteiger partial charge is 0.362 e. The molecule has 1 aliphatic heterocycles. The molecule has 3 heterocycles. The van der Waals surface area contributed by atoms with Crippen molar-refractivity contribution in [2.75, 3.05) is 37.7 Å². The van der Waals surface area contributed by atoms with Crippen LogP contribution in [0.5, 0.6) is 5.75 Å². The lowest BCUT2D eigenvalue weighted by molar-refractivity contribution is -0.0468. The third-order valence-corrected chi connectivity index (χ3v) is 7.09. The number of nitrogen functional groups attached to an aromatic ring is 2. The van der Waals surface area contributed by atoms with E-state index in [9.17, 15) is 28.5 Å². The summed E-state index contributed by atoms with van der Waals surface area (Å²) in [6.45, 7) is 9.38. The van der Waals surface area contributed by atoms with Gasteiger partial charge in [0.2, 0.25) is 0 Å². The SMILES string of the molecule is CCN(CC)CC.Nc1ccc(C(=O)NS(=O)(=O)OC[C@H]2O[C@@H](n3cnc4c(N)ncnc43)C(O)C2O)c(O)c1. The maximum atomic E-state index is 12.2. The van der Waals surface area contributed by atoms with Crippen molar-refractivity contribution in [3.63, 3.8) is 0 Å². The molecule has 16 nitrogen and oxygen atoms in total. The van der Waals surface area contributed by atoms with Crippen LogP contribution in [0.3, 0.4) is 0 Å². The number of aromatic nitrogens is 4. The maximum Gasteiger partial charge on any atom is 0.362 e. The Bertz CT molecular complexity index is 1410. The van der Waals surface area contributed by atoms with E-state index in [0.29, 0.717) is 0 Å². The number of carbonyl (C=O) groups excluding carboxylic acids is 1. The lowest BCUT2D eigenvalue weighted by atomic mass is 10.1. The van der Waals surface area contributed by atoms with Gasteiger partial charge in [-0.2, -0.15) is 8.42 Å². The number of ether oxygens (including phenoxy) is 1. The molecule has 2 aromatic heterocycles. The van der Waals surface area contributed by atoms with Crippen molar-refractivity contribution >= 4 is 38.9 Å². The summed E-state index contributed by atoms with van der Waals surface area (Å²) < 4.78 is 37.5. The van der Waals surface area contributed by atoms with Crippen LogP contribution in [0, 0.1) is 0 Å². The monoisotopic (exact) mass is 582 g/mol. The zero-order valence-corrected chi connectivity index (χ0v) is 23.0. The average molecular weight is 583 g/mol. The summed E-state index contributed by atoms with van der Waals surface area (Å²) in [6.07, 6.45) is -3.05. The van der Waals surface area contributed by atoms with Crippen molar-refractivity contribution < 1.29 is 37.5 Å². The van der Waals surface area contributed by atoms with Gasteiger partial charge in [-0.3, -0.25) is 13.5 Å². The predicted octanol–water partition coefficient (Wildman–Crippen LogP) is -0.645. The van der Waals surface area contributed by atoms with Gasteiger partial charge in [0.15, 0.2) is 17.7 Å². The highest BCUT2D eigenvalue weighted by molar-refractivity contribution is 7.85. The largest absolute Gasteiger partial charge is 0.507 e. The molecule has 0 bridgehead atoms. The molecule has 3 aromatic rings. The summed E-state index contributed by atoms with van der Waals surface area (Å²) in [5, 5.41) is 30.4. The van der Waals surface area contributed by atoms with E-state index in [-0.39, 0.29) is 28.2 Å². The first-order valence-electron chi connectivity index (χ1n) is 12.4. The van der Waals surface area contributed by atoms with Crippen molar-refractivity contribution in [3.05, 3.63) is 36.4 Å². The minimum Gasteiger partial charge on any atom is -0.507 e. The van der Waals surface area contributed by atoms with E-state index in [2.05, 4.69) is 40.6 Å². The third kappa shape index (κ3) is 7.12. The topological polar surface area (TPSA) is 241 Å². The van der Waals surface area contributed by atoms with Gasteiger partial charge < -0.3 is 36.4 Å². The van der Waals surface area contributed by atoms with Gasteiger partial charge in [0.1, 0.15) is 35.9 Å². The van der Waals surface area contributed by atoms with Gasteiger partial charge in [-0.15, -0.1) is 0 Å². The number of phenolic OH excluding ortho intramolecular Hbond substituents is 1. The molecule has 1 aromatic carbocycles. The summed E-state index contributed by atoms with van der Waals surface area (Å²) in [7, 11) is -4.67. The molecule has 1 aliphatic rings. The molecule has 2 unspecified atom stereocenters. The number of amides is 1. The lowest BCUT2D eigenvalue weighted by Gasteiger charge is -2.16. The van der Waals surface area contributed by atoms with Crippen LogP contribution in [0.15, 0.2) is 30.9 Å². The number of rotatable bonds is 9. The Hall–Kier alpha value is -3.61. The second-order valence-corrected chi connectivity index (χ2v) is 10.0. The van der Waals surface area contributed by atoms with Crippen LogP contribution in [0.2, 0.25) is 0 Å². The number of nitrogens with one attached hydrogen (secondary N) is 1. The standard InChI is InChI=1S/C17H19N7O8S.C6H15N/c18-7-1-2-8(9(25)3-7)16(28)23-33(29,30)31-4-10-12(26)13(27)17(32-10)24-6-22-11-14(19)20-5-21-15(11)24;1-4-7(5-2)6-3/h1-3,5-6,10,12-13,17,25-27H,4,18H2,(H,23,28)(H2,19,20,21);4-6H2,1-3H3/t10-,12?,13?,17-;/m1./s1. The summed E-state index contributed by atoms with van der Waals surface area (Å²) in [5.74, 6) is -1.60. The van der Waals surface area contributed by atoms with Crippen LogP contribution >= 0.6 is 0 Å². The molecule has 1 fully saturated rings. The Morgan fingerprint density at radius 1 is 1.12 bits per heavy atom. The number of imidazole rings is 1. The maximum absolute atomic E-state index is 12.2. The van der Waals surface area contributed by atoms with E-state index in [0.717, 1.165) is 12.1 Å². The molecule has 0 saturated carbocycles. The minimum absolute atomic E-state index is 0.0978. The van der Waals surface area contributed by atoms with E-state index in [1.54, 1.807) is 4.72 Å². The van der Waals surface area contributed by atoms with Crippen molar-refractivity contribution in [1.82, 2.24) is 29.1 Å². The van der Waals surface area contributed by atoms with Crippen molar-refractivity contribution in [1.29, 1.82) is 0 Å². The highest BCUT2D eigenvalue weighted by Gasteiger charge is 2.45. The minimum atomic E-state index is -4.67. The number of fused-ring (bicyclic) bond motifs is 1. The molecule has 40 heavy (non-hydrogen) atoms. The molecule has 8 N–H and O–H groups in total. The molecular formula is C23H34N8O8S. The van der Waals surface area contributed by atoms with Crippen molar-refractivity contribution in [2.45, 2.75) is 45.3 Å². The van der Waals surface area contributed by atoms with Gasteiger partial charge in [0, 0.05) is 11.8 Å². The number of aromatic hydroxyl groups is 1.